The number of nitriles is 1. The van der Waals surface area contributed by atoms with Gasteiger partial charge >= 0.3 is 11.3 Å². The number of aliphatic imine (C=N–C) groups is 1. The molecule has 0 aliphatic heterocycles. The molecule has 0 spiro atoms. The van der Waals surface area contributed by atoms with Crippen LogP contribution < -0.4 is 26.9 Å². The second kappa shape index (κ2) is 7.43. The van der Waals surface area contributed by atoms with Crippen LogP contribution in [0.4, 0.5) is 17.2 Å². The summed E-state index contributed by atoms with van der Waals surface area (Å²) in [6.07, 6.45) is 1.65. The van der Waals surface area contributed by atoms with E-state index in [9.17, 15) is 15.2 Å². The summed E-state index contributed by atoms with van der Waals surface area (Å²) < 4.78 is 6.13. The van der Waals surface area contributed by atoms with E-state index in [2.05, 4.69) is 20.2 Å². The molecule has 162 valence electrons. The Morgan fingerprint density at radius 3 is 2.88 bits per heavy atom. The SMILES string of the molecule is C[n+]1[nH]oc(=O)c1-c1c(C#N)c(N)nc2sc(C([O-])=Nc3cccc4ncccc34)c(N)c12. The van der Waals surface area contributed by atoms with Crippen molar-refractivity contribution in [1.82, 2.24) is 15.2 Å². The Labute approximate surface area is 188 Å². The number of fused-ring (bicyclic) bond motifs is 2. The number of pyridine rings is 2. The highest BCUT2D eigenvalue weighted by atomic mass is 32.1. The first kappa shape index (κ1) is 20.2. The van der Waals surface area contributed by atoms with Crippen LogP contribution >= 0.6 is 11.3 Å². The number of rotatable bonds is 3. The van der Waals surface area contributed by atoms with Gasteiger partial charge in [0.2, 0.25) is 0 Å². The summed E-state index contributed by atoms with van der Waals surface area (Å²) in [4.78, 5) is 25.5. The standard InChI is InChI=1S/C21H14N8O3S/c1-29-16(21(31)32-28-29)13-10(8-22)18(24)27-20-14(13)15(23)17(33-20)19(30)26-12-6-2-5-11-9(12)4-3-7-25-11/h2-7H,1H3,(H5-,23,24,25,26,27,28,30,31). The van der Waals surface area contributed by atoms with Crippen molar-refractivity contribution in [2.75, 3.05) is 11.5 Å². The number of nitrogen functional groups attached to an aromatic ring is 2. The second-order valence-corrected chi connectivity index (χ2v) is 8.04. The zero-order chi connectivity index (χ0) is 23.3. The first-order chi connectivity index (χ1) is 15.9. The van der Waals surface area contributed by atoms with E-state index in [0.29, 0.717) is 16.6 Å². The molecule has 0 saturated heterocycles. The van der Waals surface area contributed by atoms with E-state index in [0.717, 1.165) is 11.3 Å². The largest absolute Gasteiger partial charge is 0.858 e. The summed E-state index contributed by atoms with van der Waals surface area (Å²) >= 11 is 0.977. The fourth-order valence-electron chi connectivity index (χ4n) is 3.63. The van der Waals surface area contributed by atoms with Gasteiger partial charge in [-0.15, -0.1) is 11.3 Å². The number of anilines is 2. The highest BCUT2D eigenvalue weighted by molar-refractivity contribution is 7.21. The zero-order valence-corrected chi connectivity index (χ0v) is 17.8. The minimum absolute atomic E-state index is 0.0196. The molecule has 0 atom stereocenters. The van der Waals surface area contributed by atoms with Gasteiger partial charge < -0.3 is 16.6 Å². The number of hydrogen-bond acceptors (Lipinski definition) is 10. The zero-order valence-electron chi connectivity index (χ0n) is 17.0. The molecule has 5 N–H and O–H groups in total. The van der Waals surface area contributed by atoms with Gasteiger partial charge in [-0.05, 0) is 29.5 Å². The lowest BCUT2D eigenvalue weighted by Gasteiger charge is -2.11. The van der Waals surface area contributed by atoms with E-state index >= 15 is 0 Å². The predicted molar refractivity (Wildman–Crippen MR) is 121 cm³/mol. The fraction of sp³-hybridized carbons (Fsp3) is 0.0476. The molecule has 12 heteroatoms. The number of nitrogens with zero attached hydrogens (tertiary/aromatic N) is 5. The number of nitrogens with two attached hydrogens (primary N) is 2. The Bertz CT molecular complexity index is 1700. The summed E-state index contributed by atoms with van der Waals surface area (Å²) in [7, 11) is 1.53. The first-order valence-corrected chi connectivity index (χ1v) is 10.3. The maximum Gasteiger partial charge on any atom is 0.435 e. The lowest BCUT2D eigenvalue weighted by atomic mass is 10.0. The maximum atomic E-state index is 13.1. The summed E-state index contributed by atoms with van der Waals surface area (Å²) in [6.45, 7) is 0. The lowest BCUT2D eigenvalue weighted by Crippen LogP contribution is -2.34. The minimum Gasteiger partial charge on any atom is -0.858 e. The van der Waals surface area contributed by atoms with E-state index in [1.54, 1.807) is 24.4 Å². The van der Waals surface area contributed by atoms with Gasteiger partial charge in [0.1, 0.15) is 22.3 Å². The number of aromatic amines is 1. The van der Waals surface area contributed by atoms with Crippen LogP contribution in [-0.4, -0.2) is 21.1 Å². The predicted octanol–water partition coefficient (Wildman–Crippen LogP) is 1.09. The molecule has 4 aromatic heterocycles. The van der Waals surface area contributed by atoms with Crippen LogP contribution in [-0.2, 0) is 7.05 Å². The number of benzene rings is 1. The van der Waals surface area contributed by atoms with Crippen LogP contribution in [0.2, 0.25) is 0 Å². The average molecular weight is 458 g/mol. The van der Waals surface area contributed by atoms with E-state index < -0.39 is 11.5 Å². The van der Waals surface area contributed by atoms with Gasteiger partial charge in [-0.3, -0.25) is 14.5 Å². The highest BCUT2D eigenvalue weighted by Gasteiger charge is 2.31. The maximum absolute atomic E-state index is 13.1. The van der Waals surface area contributed by atoms with Crippen LogP contribution in [0.3, 0.4) is 0 Å². The fourth-order valence-corrected chi connectivity index (χ4v) is 4.63. The van der Waals surface area contributed by atoms with Crippen molar-refractivity contribution in [3.8, 4) is 17.3 Å². The van der Waals surface area contributed by atoms with Gasteiger partial charge in [-0.1, -0.05) is 10.7 Å². The number of thiophene rings is 1. The summed E-state index contributed by atoms with van der Waals surface area (Å²) in [5.41, 5.74) is 12.9. The Balaban J connectivity index is 1.79. The average Bonchev–Trinajstić information content (AvgIpc) is 3.31. The third kappa shape index (κ3) is 3.07. The molecule has 0 fully saturated rings. The molecule has 0 unspecified atom stereocenters. The molecule has 0 amide bonds. The highest BCUT2D eigenvalue weighted by Crippen LogP contribution is 2.41. The topological polar surface area (TPSA) is 187 Å². The Hall–Kier alpha value is -4.76. The van der Waals surface area contributed by atoms with Gasteiger partial charge in [-0.2, -0.15) is 5.26 Å². The van der Waals surface area contributed by atoms with Crippen LogP contribution in [0.1, 0.15) is 10.4 Å². The summed E-state index contributed by atoms with van der Waals surface area (Å²) in [5.74, 6) is -0.696. The van der Waals surface area contributed by atoms with Gasteiger partial charge in [0.15, 0.2) is 7.05 Å². The number of H-pyrrole nitrogens is 1. The molecular formula is C21H14N8O3S. The van der Waals surface area contributed by atoms with Crippen molar-refractivity contribution in [2.45, 2.75) is 0 Å². The summed E-state index contributed by atoms with van der Waals surface area (Å²) in [6, 6.07) is 10.8. The van der Waals surface area contributed by atoms with E-state index in [1.165, 1.54) is 11.7 Å². The van der Waals surface area contributed by atoms with Gasteiger partial charge in [0.05, 0.1) is 32.7 Å². The third-order valence-corrected chi connectivity index (χ3v) is 6.18. The van der Waals surface area contributed by atoms with Gasteiger partial charge in [0.25, 0.3) is 0 Å². The molecule has 0 saturated carbocycles. The molecule has 4 heterocycles. The van der Waals surface area contributed by atoms with E-state index in [4.69, 9.17) is 16.0 Å². The molecule has 5 rings (SSSR count). The molecule has 11 nitrogen and oxygen atoms in total. The van der Waals surface area contributed by atoms with Crippen molar-refractivity contribution in [3.05, 3.63) is 57.4 Å². The van der Waals surface area contributed by atoms with Crippen molar-refractivity contribution >= 4 is 55.5 Å². The van der Waals surface area contributed by atoms with Crippen molar-refractivity contribution in [3.63, 3.8) is 0 Å². The number of hydrogen-bond donors (Lipinski definition) is 3. The number of nitrogens with one attached hydrogen (secondary N) is 1. The third-order valence-electron chi connectivity index (χ3n) is 5.10. The second-order valence-electron chi connectivity index (χ2n) is 7.04. The van der Waals surface area contributed by atoms with Crippen LogP contribution in [0.25, 0.3) is 32.4 Å². The Morgan fingerprint density at radius 1 is 1.33 bits per heavy atom. The van der Waals surface area contributed by atoms with Gasteiger partial charge in [0, 0.05) is 17.5 Å². The molecule has 0 aliphatic rings. The van der Waals surface area contributed by atoms with Crippen molar-refractivity contribution in [2.24, 2.45) is 12.0 Å². The molecule has 0 radical (unpaired) electrons. The lowest BCUT2D eigenvalue weighted by molar-refractivity contribution is -0.730. The van der Waals surface area contributed by atoms with Gasteiger partial charge in [-0.25, -0.2) is 9.78 Å². The molecule has 0 aliphatic carbocycles. The smallest absolute Gasteiger partial charge is 0.435 e. The Kier molecular flexibility index (Phi) is 4.54. The molecule has 0 bridgehead atoms. The van der Waals surface area contributed by atoms with Crippen LogP contribution in [0.5, 0.6) is 0 Å². The quantitative estimate of drug-likeness (QED) is 0.203. The number of aryl methyl sites for hydroxylation is 1. The normalized spacial score (nSPS) is 11.8. The molecule has 33 heavy (non-hydrogen) atoms. The van der Waals surface area contributed by atoms with Crippen LogP contribution in [0, 0.1) is 11.3 Å². The van der Waals surface area contributed by atoms with Crippen LogP contribution in [0.15, 0.2) is 50.8 Å². The Morgan fingerprint density at radius 2 is 2.15 bits per heavy atom. The monoisotopic (exact) mass is 458 g/mol. The minimum atomic E-state index is -0.729. The van der Waals surface area contributed by atoms with E-state index in [-0.39, 0.29) is 43.4 Å². The van der Waals surface area contributed by atoms with Crippen molar-refractivity contribution in [1.29, 1.82) is 5.26 Å². The molecular weight excluding hydrogens is 444 g/mol. The summed E-state index contributed by atoms with van der Waals surface area (Å²) in [5, 5.41) is 26.2. The van der Waals surface area contributed by atoms with Crippen molar-refractivity contribution < 1.29 is 14.3 Å². The van der Waals surface area contributed by atoms with E-state index in [1.807, 2.05) is 18.2 Å². The molecule has 1 aromatic carbocycles. The first-order valence-electron chi connectivity index (χ1n) is 9.50. The molecule has 5 aromatic rings. The number of aromatic nitrogens is 4.